The quantitative estimate of drug-likeness (QED) is 0.139. The molecule has 0 aliphatic heterocycles. The number of unbranched alkanes of at least 4 members (excludes halogenated alkanes) is 2. The van der Waals surface area contributed by atoms with Crippen LogP contribution in [0.5, 0.6) is 0 Å². The molecule has 0 aliphatic rings. The van der Waals surface area contributed by atoms with Gasteiger partial charge < -0.3 is 52.2 Å². The Labute approximate surface area is 211 Å². The Morgan fingerprint density at radius 1 is 0.871 bits per heavy atom. The smallest absolute Gasteiger partial charge is 0.217 e. The van der Waals surface area contributed by atoms with Crippen LogP contribution in [0.1, 0.15) is 39.5 Å². The molecule has 0 unspecified atom stereocenters. The van der Waals surface area contributed by atoms with Crippen molar-refractivity contribution in [2.24, 2.45) is 11.1 Å². The number of amides is 1. The first kappa shape index (κ1) is 38.5. The molecule has 0 aromatic carbocycles. The predicted molar refractivity (Wildman–Crippen MR) is 115 cm³/mol. The van der Waals surface area contributed by atoms with Gasteiger partial charge in [0.1, 0.15) is 12.2 Å². The molecule has 0 spiro atoms. The molecule has 0 atom stereocenters. The van der Waals surface area contributed by atoms with E-state index in [0.29, 0.717) is 13.0 Å². The van der Waals surface area contributed by atoms with E-state index in [1.165, 1.54) is 0 Å². The third-order valence-electron chi connectivity index (χ3n) is 3.88. The second-order valence-electron chi connectivity index (χ2n) is 6.46. The molecule has 1 radical (unpaired) electrons. The fraction of sp³-hybridized carbons (Fsp3) is 0.947. The number of ether oxygens (including phenoxy) is 2. The van der Waals surface area contributed by atoms with E-state index in [1.54, 1.807) is 0 Å². The van der Waals surface area contributed by atoms with Crippen LogP contribution in [0.2, 0.25) is 0 Å². The number of primary amides is 1. The number of nitrogens with two attached hydrogens (primary N) is 1. The molecule has 9 N–H and O–H groups in total. The second-order valence-corrected chi connectivity index (χ2v) is 6.46. The summed E-state index contributed by atoms with van der Waals surface area (Å²) in [6.45, 7) is 2.24. The predicted octanol–water partition coefficient (Wildman–Crippen LogP) is -0.135. The number of carbonyl (C=O) groups excluding carboxylic acids is 1. The number of carbonyl (C=O) groups is 1. The number of nitrogens with one attached hydrogen (secondary N) is 2. The average molecular weight is 530 g/mol. The molecule has 12 heteroatoms. The molecular formula is C19H43N3O8Y-2. The van der Waals surface area contributed by atoms with Crippen LogP contribution >= 0.6 is 0 Å². The van der Waals surface area contributed by atoms with Gasteiger partial charge in [0.15, 0.2) is 0 Å². The van der Waals surface area contributed by atoms with Crippen LogP contribution < -0.4 is 5.73 Å². The Kier molecular flexibility index (Phi) is 35.1. The fourth-order valence-corrected chi connectivity index (χ4v) is 1.81. The third kappa shape index (κ3) is 23.2. The van der Waals surface area contributed by atoms with Crippen molar-refractivity contribution in [2.75, 3.05) is 59.3 Å². The first-order valence-corrected chi connectivity index (χ1v) is 10.2. The van der Waals surface area contributed by atoms with E-state index in [4.69, 9.17) is 47.1 Å². The third-order valence-corrected chi connectivity index (χ3v) is 3.88. The minimum atomic E-state index is -1.02. The average Bonchev–Trinajstić information content (AvgIpc) is 2.78. The summed E-state index contributed by atoms with van der Waals surface area (Å²) in [5.74, 6) is -0.236. The maximum Gasteiger partial charge on any atom is 0.217 e. The second kappa shape index (κ2) is 28.2. The van der Waals surface area contributed by atoms with Gasteiger partial charge in [-0.15, -0.1) is 6.54 Å². The summed E-state index contributed by atoms with van der Waals surface area (Å²) in [5, 5.41) is 44.8. The minimum Gasteiger partial charge on any atom is -0.677 e. The molecule has 0 rings (SSSR count). The van der Waals surface area contributed by atoms with Gasteiger partial charge in [0, 0.05) is 44.5 Å². The summed E-state index contributed by atoms with van der Waals surface area (Å²) in [6.07, 6.45) is 1.60. The summed E-state index contributed by atoms with van der Waals surface area (Å²) in [7, 11) is 0. The number of hydrogen-bond donors (Lipinski definition) is 6. The Hall–Kier alpha value is 0.214. The summed E-state index contributed by atoms with van der Waals surface area (Å²) < 4.78 is 10.4. The van der Waals surface area contributed by atoms with E-state index >= 15 is 0 Å². The van der Waals surface area contributed by atoms with Crippen LogP contribution in [0.3, 0.4) is 0 Å². The number of hydrogen-bond acceptors (Lipinski definition) is 8. The van der Waals surface area contributed by atoms with Gasteiger partial charge in [0.25, 0.3) is 0 Å². The van der Waals surface area contributed by atoms with E-state index in [9.17, 15) is 9.90 Å². The van der Waals surface area contributed by atoms with Crippen molar-refractivity contribution >= 4 is 5.91 Å². The van der Waals surface area contributed by atoms with Gasteiger partial charge in [-0.05, 0) is 6.42 Å². The molecule has 187 valence electrons. The van der Waals surface area contributed by atoms with Crippen molar-refractivity contribution in [3.63, 3.8) is 0 Å². The van der Waals surface area contributed by atoms with E-state index in [2.05, 4.69) is 0 Å². The topological polar surface area (TPSA) is 210 Å². The first-order valence-electron chi connectivity index (χ1n) is 10.2. The number of aliphatic hydroxyl groups is 5. The first-order chi connectivity index (χ1) is 14.4. The Bertz CT molecular complexity index is 341. The van der Waals surface area contributed by atoms with Gasteiger partial charge in [0.05, 0.1) is 46.2 Å². The van der Waals surface area contributed by atoms with Gasteiger partial charge in [0.2, 0.25) is 5.91 Å². The SMILES string of the molecule is CC.[NH-]CC(CO)(COC(CO)CO)COC(CO)CO.[NH-]CCCCCC(N)=O.[Y]. The van der Waals surface area contributed by atoms with Crippen molar-refractivity contribution in [1.82, 2.24) is 0 Å². The molecule has 0 heterocycles. The van der Waals surface area contributed by atoms with Gasteiger partial charge in [-0.2, -0.15) is 6.54 Å². The molecule has 0 saturated carbocycles. The summed E-state index contributed by atoms with van der Waals surface area (Å²) >= 11 is 0. The van der Waals surface area contributed by atoms with E-state index in [0.717, 1.165) is 19.3 Å². The van der Waals surface area contributed by atoms with Crippen molar-refractivity contribution in [1.29, 1.82) is 0 Å². The monoisotopic (exact) mass is 530 g/mol. The van der Waals surface area contributed by atoms with Crippen molar-refractivity contribution in [3.05, 3.63) is 11.5 Å². The molecule has 0 fully saturated rings. The molecule has 31 heavy (non-hydrogen) atoms. The molecule has 11 nitrogen and oxygen atoms in total. The summed E-state index contributed by atoms with van der Waals surface area (Å²) in [6, 6.07) is 0. The van der Waals surface area contributed by atoms with E-state index in [-0.39, 0.29) is 91.4 Å². The van der Waals surface area contributed by atoms with Crippen molar-refractivity contribution in [2.45, 2.75) is 51.7 Å². The van der Waals surface area contributed by atoms with E-state index in [1.807, 2.05) is 13.8 Å². The normalized spacial score (nSPS) is 10.7. The molecule has 0 aromatic heterocycles. The van der Waals surface area contributed by atoms with Crippen LogP contribution in [0.15, 0.2) is 0 Å². The molecule has 0 aromatic rings. The maximum absolute atomic E-state index is 10.1. The molecule has 0 bridgehead atoms. The largest absolute Gasteiger partial charge is 0.677 e. The van der Waals surface area contributed by atoms with Crippen LogP contribution in [-0.2, 0) is 47.0 Å². The zero-order chi connectivity index (χ0) is 23.8. The summed E-state index contributed by atoms with van der Waals surface area (Å²) in [4.78, 5) is 10.1. The number of aliphatic hydroxyl groups excluding tert-OH is 5. The standard InChI is InChI=1S/C11H24NO7.C6H13N2O.C2H6.Y/c12-5-11(6-17,7-18-9(1-13)2-14)8-19-10(3-15)4-16;7-5-3-1-2-4-6(8)9;1-2;/h9-10,12-17H,1-8H2;7H,1-5H2,(H2,8,9);1-2H3;/q2*-1;;. The molecule has 0 aliphatic carbocycles. The van der Waals surface area contributed by atoms with Crippen LogP contribution in [0.25, 0.3) is 11.5 Å². The van der Waals surface area contributed by atoms with Gasteiger partial charge >= 0.3 is 0 Å². The van der Waals surface area contributed by atoms with E-state index < -0.39 is 17.6 Å². The fourth-order valence-electron chi connectivity index (χ4n) is 1.81. The summed E-state index contributed by atoms with van der Waals surface area (Å²) in [5.41, 5.74) is 18.1. The number of rotatable bonds is 17. The van der Waals surface area contributed by atoms with Crippen molar-refractivity contribution in [3.8, 4) is 0 Å². The zero-order valence-electron chi connectivity index (χ0n) is 19.0. The Morgan fingerprint density at radius 3 is 1.55 bits per heavy atom. The maximum atomic E-state index is 10.1. The molecule has 0 saturated heterocycles. The molecular weight excluding hydrogens is 487 g/mol. The van der Waals surface area contributed by atoms with Gasteiger partial charge in [-0.3, -0.25) is 4.79 Å². The molecule has 1 amide bonds. The Balaban J connectivity index is -0.000000256. The minimum absolute atomic E-state index is 0. The zero-order valence-corrected chi connectivity index (χ0v) is 21.8. The van der Waals surface area contributed by atoms with Crippen LogP contribution in [0.4, 0.5) is 0 Å². The van der Waals surface area contributed by atoms with Crippen LogP contribution in [-0.4, -0.2) is 103 Å². The Morgan fingerprint density at radius 2 is 1.29 bits per heavy atom. The van der Waals surface area contributed by atoms with Crippen LogP contribution in [0, 0.1) is 5.41 Å². The van der Waals surface area contributed by atoms with Crippen molar-refractivity contribution < 1.29 is 72.5 Å². The van der Waals surface area contributed by atoms with Gasteiger partial charge in [-0.1, -0.05) is 26.7 Å². The van der Waals surface area contributed by atoms with Gasteiger partial charge in [-0.25, -0.2) is 0 Å².